The van der Waals surface area contributed by atoms with Crippen molar-refractivity contribution in [2.24, 2.45) is 5.73 Å². The molecule has 0 unspecified atom stereocenters. The Hall–Kier alpha value is -1.33. The van der Waals surface area contributed by atoms with Gasteiger partial charge in [0.15, 0.2) is 11.5 Å². The fourth-order valence-corrected chi connectivity index (χ4v) is 1.35. The predicted octanol–water partition coefficient (Wildman–Crippen LogP) is 0.466. The summed E-state index contributed by atoms with van der Waals surface area (Å²) in [7, 11) is 0. The fourth-order valence-electron chi connectivity index (χ4n) is 1.20. The zero-order valence-corrected chi connectivity index (χ0v) is 8.20. The minimum atomic E-state index is 0.489. The molecule has 14 heavy (non-hydrogen) atoms. The second-order valence-corrected chi connectivity index (χ2v) is 3.35. The van der Waals surface area contributed by atoms with E-state index < -0.39 is 0 Å². The summed E-state index contributed by atoms with van der Waals surface area (Å²) in [4.78, 5) is 4.24. The van der Waals surface area contributed by atoms with Crippen molar-refractivity contribution in [1.82, 2.24) is 14.6 Å². The third-order valence-electron chi connectivity index (χ3n) is 1.86. The van der Waals surface area contributed by atoms with E-state index in [0.717, 1.165) is 0 Å². The number of hydrogen-bond acceptors (Lipinski definition) is 4. The number of rotatable bonds is 2. The Balaban J connectivity index is 2.54. The molecule has 0 aliphatic rings. The van der Waals surface area contributed by atoms with Crippen LogP contribution in [0.15, 0.2) is 12.3 Å². The molecule has 0 aliphatic heterocycles. The van der Waals surface area contributed by atoms with Crippen LogP contribution in [-0.4, -0.2) is 21.1 Å². The second-order valence-electron chi connectivity index (χ2n) is 2.95. The van der Waals surface area contributed by atoms with Gasteiger partial charge in [-0.05, 0) is 6.54 Å². The number of nitrogens with two attached hydrogens (primary N) is 2. The summed E-state index contributed by atoms with van der Waals surface area (Å²) >= 11 is 5.84. The lowest BCUT2D eigenvalue weighted by Crippen LogP contribution is -2.04. The van der Waals surface area contributed by atoms with E-state index in [1.165, 1.54) is 0 Å². The molecule has 0 saturated heterocycles. The van der Waals surface area contributed by atoms with Gasteiger partial charge in [0, 0.05) is 12.5 Å². The van der Waals surface area contributed by atoms with Gasteiger partial charge >= 0.3 is 0 Å². The molecule has 0 fully saturated rings. The van der Waals surface area contributed by atoms with Crippen molar-refractivity contribution in [2.45, 2.75) is 6.42 Å². The summed E-state index contributed by atoms with van der Waals surface area (Å²) in [6.45, 7) is 0.528. The maximum absolute atomic E-state index is 5.84. The van der Waals surface area contributed by atoms with Crippen molar-refractivity contribution in [1.29, 1.82) is 0 Å². The van der Waals surface area contributed by atoms with Crippen LogP contribution >= 0.6 is 11.6 Å². The molecule has 0 aromatic carbocycles. The first kappa shape index (κ1) is 9.23. The second kappa shape index (κ2) is 3.43. The molecule has 0 aliphatic carbocycles. The largest absolute Gasteiger partial charge is 0.396 e. The molecular formula is C8H10ClN5. The van der Waals surface area contributed by atoms with Gasteiger partial charge in [-0.1, -0.05) is 11.6 Å². The number of halogens is 1. The smallest absolute Gasteiger partial charge is 0.157 e. The van der Waals surface area contributed by atoms with Crippen LogP contribution in [0.5, 0.6) is 0 Å². The number of fused-ring (bicyclic) bond motifs is 1. The number of nitrogens with zero attached hydrogens (tertiary/aromatic N) is 3. The van der Waals surface area contributed by atoms with E-state index in [0.29, 0.717) is 35.1 Å². The van der Waals surface area contributed by atoms with Crippen molar-refractivity contribution >= 4 is 22.9 Å². The fraction of sp³-hybridized carbons (Fsp3) is 0.250. The predicted molar refractivity (Wildman–Crippen MR) is 55.2 cm³/mol. The van der Waals surface area contributed by atoms with Crippen LogP contribution in [0.4, 0.5) is 5.69 Å². The molecule has 74 valence electrons. The molecule has 0 spiro atoms. The van der Waals surface area contributed by atoms with Gasteiger partial charge in [0.1, 0.15) is 0 Å². The van der Waals surface area contributed by atoms with E-state index in [-0.39, 0.29) is 0 Å². The molecule has 2 aromatic rings. The Morgan fingerprint density at radius 3 is 3.00 bits per heavy atom. The van der Waals surface area contributed by atoms with Crippen LogP contribution < -0.4 is 11.5 Å². The van der Waals surface area contributed by atoms with E-state index in [1.807, 2.05) is 0 Å². The van der Waals surface area contributed by atoms with E-state index >= 15 is 0 Å². The van der Waals surface area contributed by atoms with Gasteiger partial charge < -0.3 is 11.5 Å². The Morgan fingerprint density at radius 2 is 2.29 bits per heavy atom. The van der Waals surface area contributed by atoms with Gasteiger partial charge in [0.05, 0.1) is 16.9 Å². The minimum Gasteiger partial charge on any atom is -0.396 e. The molecule has 6 heteroatoms. The summed E-state index contributed by atoms with van der Waals surface area (Å²) in [5, 5.41) is 4.68. The Bertz CT molecular complexity index is 425. The summed E-state index contributed by atoms with van der Waals surface area (Å²) in [5.41, 5.74) is 12.2. The topological polar surface area (TPSA) is 82.2 Å². The number of pyridine rings is 1. The molecule has 0 amide bonds. The highest BCUT2D eigenvalue weighted by molar-refractivity contribution is 6.33. The Morgan fingerprint density at radius 1 is 1.50 bits per heavy atom. The van der Waals surface area contributed by atoms with Gasteiger partial charge in [0.2, 0.25) is 0 Å². The Labute approximate surface area is 85.7 Å². The maximum Gasteiger partial charge on any atom is 0.157 e. The van der Waals surface area contributed by atoms with Crippen LogP contribution in [0, 0.1) is 0 Å². The first-order chi connectivity index (χ1) is 6.70. The summed E-state index contributed by atoms with van der Waals surface area (Å²) < 4.78 is 1.60. The summed E-state index contributed by atoms with van der Waals surface area (Å²) in [6.07, 6.45) is 2.30. The van der Waals surface area contributed by atoms with Crippen LogP contribution in [-0.2, 0) is 6.42 Å². The van der Waals surface area contributed by atoms with Crippen LogP contribution in [0.2, 0.25) is 5.02 Å². The third-order valence-corrected chi connectivity index (χ3v) is 2.19. The summed E-state index contributed by atoms with van der Waals surface area (Å²) in [5.74, 6) is 0.703. The number of nitrogen functional groups attached to an aromatic ring is 1. The third kappa shape index (κ3) is 1.51. The monoisotopic (exact) mass is 211 g/mol. The van der Waals surface area contributed by atoms with Crippen molar-refractivity contribution < 1.29 is 0 Å². The van der Waals surface area contributed by atoms with Crippen molar-refractivity contribution in [3.05, 3.63) is 23.1 Å². The van der Waals surface area contributed by atoms with Gasteiger partial charge in [-0.2, -0.15) is 5.10 Å². The zero-order valence-electron chi connectivity index (χ0n) is 7.44. The lowest BCUT2D eigenvalue weighted by Gasteiger charge is -1.96. The molecule has 0 radical (unpaired) electrons. The average molecular weight is 212 g/mol. The van der Waals surface area contributed by atoms with Gasteiger partial charge in [-0.25, -0.2) is 9.50 Å². The molecule has 2 aromatic heterocycles. The zero-order chi connectivity index (χ0) is 10.1. The Kier molecular flexibility index (Phi) is 2.26. The van der Waals surface area contributed by atoms with Crippen molar-refractivity contribution in [2.75, 3.05) is 12.3 Å². The number of aromatic nitrogens is 3. The lowest BCUT2D eigenvalue weighted by molar-refractivity contribution is 0.844. The summed E-state index contributed by atoms with van der Waals surface area (Å²) in [6, 6.07) is 1.68. The highest BCUT2D eigenvalue weighted by Gasteiger charge is 2.05. The highest BCUT2D eigenvalue weighted by atomic mass is 35.5. The van der Waals surface area contributed by atoms with E-state index in [1.54, 1.807) is 16.8 Å². The number of anilines is 1. The van der Waals surface area contributed by atoms with Crippen LogP contribution in [0.3, 0.4) is 0 Å². The van der Waals surface area contributed by atoms with Crippen molar-refractivity contribution in [3.8, 4) is 0 Å². The standard InChI is InChI=1S/C8H10ClN5/c9-5-3-8-12-7(1-2-10)13-14(8)4-6(5)11/h3-4H,1-2,10-11H2. The van der Waals surface area contributed by atoms with Crippen LogP contribution in [0.25, 0.3) is 5.65 Å². The van der Waals surface area contributed by atoms with Crippen molar-refractivity contribution in [3.63, 3.8) is 0 Å². The van der Waals surface area contributed by atoms with Gasteiger partial charge in [-0.15, -0.1) is 0 Å². The van der Waals surface area contributed by atoms with E-state index in [2.05, 4.69) is 10.1 Å². The minimum absolute atomic E-state index is 0.489. The molecule has 0 saturated carbocycles. The molecule has 4 N–H and O–H groups in total. The van der Waals surface area contributed by atoms with Crippen LogP contribution in [0.1, 0.15) is 5.82 Å². The SMILES string of the molecule is NCCc1nc2cc(Cl)c(N)cn2n1. The first-order valence-corrected chi connectivity index (χ1v) is 4.59. The molecule has 5 nitrogen and oxygen atoms in total. The molecule has 0 bridgehead atoms. The quantitative estimate of drug-likeness (QED) is 0.757. The maximum atomic E-state index is 5.84. The molecule has 0 atom stereocenters. The average Bonchev–Trinajstić information content (AvgIpc) is 2.48. The van der Waals surface area contributed by atoms with Gasteiger partial charge in [-0.3, -0.25) is 0 Å². The van der Waals surface area contributed by atoms with E-state index in [9.17, 15) is 0 Å². The molecule has 2 rings (SSSR count). The normalized spacial score (nSPS) is 11.0. The number of hydrogen-bond donors (Lipinski definition) is 2. The highest BCUT2D eigenvalue weighted by Crippen LogP contribution is 2.19. The first-order valence-electron chi connectivity index (χ1n) is 4.21. The molecular weight excluding hydrogens is 202 g/mol. The molecule has 2 heterocycles. The van der Waals surface area contributed by atoms with Gasteiger partial charge in [0.25, 0.3) is 0 Å². The lowest BCUT2D eigenvalue weighted by atomic mass is 10.4. The van der Waals surface area contributed by atoms with E-state index in [4.69, 9.17) is 23.1 Å².